The molecule has 5 atom stereocenters. The molecule has 156 valence electrons. The van der Waals surface area contributed by atoms with E-state index in [2.05, 4.69) is 4.90 Å². The number of ether oxygens (including phenoxy) is 1. The Labute approximate surface area is 173 Å². The molecule has 0 radical (unpaired) electrons. The third-order valence-electron chi connectivity index (χ3n) is 7.64. The SMILES string of the molecule is O=C(C1CC2CCCCC2N1C(=O)c1ccccc1)N1CCOC2CCCCC21. The molecule has 0 aromatic heterocycles. The second-order valence-electron chi connectivity index (χ2n) is 9.23. The van der Waals surface area contributed by atoms with Gasteiger partial charge in [-0.3, -0.25) is 9.59 Å². The number of benzene rings is 1. The molecule has 2 amide bonds. The molecule has 2 heterocycles. The zero-order chi connectivity index (χ0) is 19.8. The first kappa shape index (κ1) is 19.1. The first-order valence-corrected chi connectivity index (χ1v) is 11.5. The van der Waals surface area contributed by atoms with Gasteiger partial charge in [0.05, 0.1) is 18.8 Å². The van der Waals surface area contributed by atoms with Crippen LogP contribution in [-0.4, -0.2) is 59.0 Å². The van der Waals surface area contributed by atoms with E-state index >= 15 is 0 Å². The van der Waals surface area contributed by atoms with E-state index in [-0.39, 0.29) is 36.0 Å². The maximum atomic E-state index is 13.8. The van der Waals surface area contributed by atoms with E-state index in [1.54, 1.807) is 0 Å². The molecule has 4 aliphatic rings. The zero-order valence-corrected chi connectivity index (χ0v) is 17.2. The molecule has 2 aliphatic heterocycles. The summed E-state index contributed by atoms with van der Waals surface area (Å²) >= 11 is 0. The topological polar surface area (TPSA) is 49.9 Å². The van der Waals surface area contributed by atoms with Gasteiger partial charge in [0.2, 0.25) is 5.91 Å². The van der Waals surface area contributed by atoms with Crippen molar-refractivity contribution in [3.05, 3.63) is 35.9 Å². The van der Waals surface area contributed by atoms with Crippen LogP contribution in [0.3, 0.4) is 0 Å². The van der Waals surface area contributed by atoms with Gasteiger partial charge in [-0.05, 0) is 50.2 Å². The van der Waals surface area contributed by atoms with E-state index in [1.165, 1.54) is 12.8 Å². The molecule has 4 fully saturated rings. The second-order valence-corrected chi connectivity index (χ2v) is 9.23. The van der Waals surface area contributed by atoms with Crippen LogP contribution >= 0.6 is 0 Å². The molecule has 29 heavy (non-hydrogen) atoms. The number of nitrogens with zero attached hydrogens (tertiary/aromatic N) is 2. The highest BCUT2D eigenvalue weighted by molar-refractivity contribution is 5.98. The van der Waals surface area contributed by atoms with Crippen LogP contribution in [-0.2, 0) is 9.53 Å². The molecule has 1 aromatic rings. The number of hydrogen-bond donors (Lipinski definition) is 0. The van der Waals surface area contributed by atoms with Crippen LogP contribution < -0.4 is 0 Å². The number of carbonyl (C=O) groups excluding carboxylic acids is 2. The molecule has 2 saturated carbocycles. The van der Waals surface area contributed by atoms with Gasteiger partial charge in [0.25, 0.3) is 5.91 Å². The predicted molar refractivity (Wildman–Crippen MR) is 110 cm³/mol. The fourth-order valence-electron chi connectivity index (χ4n) is 6.26. The van der Waals surface area contributed by atoms with E-state index in [9.17, 15) is 9.59 Å². The Balaban J connectivity index is 1.43. The van der Waals surface area contributed by atoms with Crippen LogP contribution in [0.25, 0.3) is 0 Å². The van der Waals surface area contributed by atoms with Crippen LogP contribution in [0, 0.1) is 5.92 Å². The summed E-state index contributed by atoms with van der Waals surface area (Å²) in [5.74, 6) is 0.671. The maximum absolute atomic E-state index is 13.8. The summed E-state index contributed by atoms with van der Waals surface area (Å²) in [6.07, 6.45) is 10.00. The lowest BCUT2D eigenvalue weighted by Crippen LogP contribution is -2.59. The van der Waals surface area contributed by atoms with Crippen LogP contribution in [0.5, 0.6) is 0 Å². The smallest absolute Gasteiger partial charge is 0.254 e. The summed E-state index contributed by atoms with van der Waals surface area (Å²) in [4.78, 5) is 31.4. The summed E-state index contributed by atoms with van der Waals surface area (Å²) in [7, 11) is 0. The molecular weight excluding hydrogens is 364 g/mol. The number of hydrogen-bond acceptors (Lipinski definition) is 3. The number of rotatable bonds is 2. The summed E-state index contributed by atoms with van der Waals surface area (Å²) in [5.41, 5.74) is 0.703. The number of fused-ring (bicyclic) bond motifs is 2. The normalized spacial score (nSPS) is 34.4. The first-order valence-electron chi connectivity index (χ1n) is 11.5. The van der Waals surface area contributed by atoms with Crippen molar-refractivity contribution in [2.45, 2.75) is 82.0 Å². The Bertz CT molecular complexity index is 750. The average molecular weight is 397 g/mol. The fraction of sp³-hybridized carbons (Fsp3) is 0.667. The highest BCUT2D eigenvalue weighted by Gasteiger charge is 2.50. The Morgan fingerprint density at radius 1 is 0.897 bits per heavy atom. The van der Waals surface area contributed by atoms with Crippen LogP contribution in [0.15, 0.2) is 30.3 Å². The first-order chi connectivity index (χ1) is 14.2. The number of likely N-dealkylation sites (tertiary alicyclic amines) is 1. The van der Waals surface area contributed by atoms with E-state index in [0.29, 0.717) is 24.6 Å². The van der Waals surface area contributed by atoms with E-state index in [1.807, 2.05) is 35.2 Å². The highest BCUT2D eigenvalue weighted by Crippen LogP contribution is 2.42. The lowest BCUT2D eigenvalue weighted by Gasteiger charge is -2.45. The Morgan fingerprint density at radius 3 is 2.45 bits per heavy atom. The average Bonchev–Trinajstić information content (AvgIpc) is 3.18. The van der Waals surface area contributed by atoms with Gasteiger partial charge in [-0.15, -0.1) is 0 Å². The van der Waals surface area contributed by atoms with Gasteiger partial charge in [0.1, 0.15) is 6.04 Å². The Morgan fingerprint density at radius 2 is 1.62 bits per heavy atom. The van der Waals surface area contributed by atoms with Crippen molar-refractivity contribution in [3.63, 3.8) is 0 Å². The van der Waals surface area contributed by atoms with Crippen LogP contribution in [0.1, 0.15) is 68.1 Å². The summed E-state index contributed by atoms with van der Waals surface area (Å²) in [6.45, 7) is 1.29. The quantitative estimate of drug-likeness (QED) is 0.767. The van der Waals surface area contributed by atoms with Crippen molar-refractivity contribution in [2.75, 3.05) is 13.2 Å². The van der Waals surface area contributed by atoms with Crippen molar-refractivity contribution >= 4 is 11.8 Å². The van der Waals surface area contributed by atoms with Gasteiger partial charge in [-0.1, -0.05) is 43.9 Å². The van der Waals surface area contributed by atoms with Gasteiger partial charge < -0.3 is 14.5 Å². The minimum Gasteiger partial charge on any atom is -0.374 e. The van der Waals surface area contributed by atoms with Gasteiger partial charge in [0.15, 0.2) is 0 Å². The van der Waals surface area contributed by atoms with Gasteiger partial charge >= 0.3 is 0 Å². The number of carbonyl (C=O) groups is 2. The maximum Gasteiger partial charge on any atom is 0.254 e. The molecule has 0 bridgehead atoms. The van der Waals surface area contributed by atoms with Crippen molar-refractivity contribution in [1.82, 2.24) is 9.80 Å². The third-order valence-corrected chi connectivity index (χ3v) is 7.64. The number of amides is 2. The molecule has 5 heteroatoms. The molecule has 5 rings (SSSR count). The highest BCUT2D eigenvalue weighted by atomic mass is 16.5. The summed E-state index contributed by atoms with van der Waals surface area (Å²) < 4.78 is 5.99. The molecule has 2 aliphatic carbocycles. The Hall–Kier alpha value is -1.88. The van der Waals surface area contributed by atoms with Crippen LogP contribution in [0.2, 0.25) is 0 Å². The summed E-state index contributed by atoms with van der Waals surface area (Å²) in [6, 6.07) is 9.62. The standard InChI is InChI=1S/C24H32N2O3/c27-23(17-8-2-1-3-9-17)26-19-11-5-4-10-18(19)16-21(26)24(28)25-14-15-29-22-13-7-6-12-20(22)25/h1-3,8-9,18-22H,4-7,10-16H2. The van der Waals surface area contributed by atoms with E-state index < -0.39 is 0 Å². The minimum absolute atomic E-state index is 0.0341. The molecule has 2 saturated heterocycles. The van der Waals surface area contributed by atoms with Crippen molar-refractivity contribution < 1.29 is 14.3 Å². The second kappa shape index (κ2) is 8.10. The van der Waals surface area contributed by atoms with Gasteiger partial charge in [-0.25, -0.2) is 0 Å². The lowest BCUT2D eigenvalue weighted by molar-refractivity contribution is -0.153. The predicted octanol–water partition coefficient (Wildman–Crippen LogP) is 3.63. The van der Waals surface area contributed by atoms with Gasteiger partial charge in [0, 0.05) is 18.2 Å². The number of morpholine rings is 1. The lowest BCUT2D eigenvalue weighted by atomic mass is 9.84. The molecule has 5 nitrogen and oxygen atoms in total. The largest absolute Gasteiger partial charge is 0.374 e. The molecule has 0 spiro atoms. The monoisotopic (exact) mass is 396 g/mol. The van der Waals surface area contributed by atoms with Crippen molar-refractivity contribution in [2.24, 2.45) is 5.92 Å². The van der Waals surface area contributed by atoms with Crippen LogP contribution in [0.4, 0.5) is 0 Å². The van der Waals surface area contributed by atoms with Crippen molar-refractivity contribution in [1.29, 1.82) is 0 Å². The molecule has 1 aromatic carbocycles. The Kier molecular flexibility index (Phi) is 5.33. The minimum atomic E-state index is -0.309. The third kappa shape index (κ3) is 3.48. The molecule has 5 unspecified atom stereocenters. The van der Waals surface area contributed by atoms with E-state index in [4.69, 9.17) is 4.74 Å². The summed E-state index contributed by atoms with van der Waals surface area (Å²) in [5, 5.41) is 0. The molecular formula is C24H32N2O3. The molecule has 0 N–H and O–H groups in total. The fourth-order valence-corrected chi connectivity index (χ4v) is 6.26. The van der Waals surface area contributed by atoms with Gasteiger partial charge in [-0.2, -0.15) is 0 Å². The zero-order valence-electron chi connectivity index (χ0n) is 17.2. The van der Waals surface area contributed by atoms with E-state index in [0.717, 1.165) is 44.9 Å². The van der Waals surface area contributed by atoms with Crippen molar-refractivity contribution in [3.8, 4) is 0 Å².